The van der Waals surface area contributed by atoms with E-state index in [1.165, 1.54) is 11.3 Å². The summed E-state index contributed by atoms with van der Waals surface area (Å²) in [6.07, 6.45) is 0. The molecule has 122 valence electrons. The second-order valence-electron chi connectivity index (χ2n) is 3.84. The van der Waals surface area contributed by atoms with Crippen molar-refractivity contribution in [2.24, 2.45) is 0 Å². The van der Waals surface area contributed by atoms with Crippen LogP contribution in [0.4, 0.5) is 5.13 Å². The lowest BCUT2D eigenvalue weighted by Crippen LogP contribution is -2.23. The highest BCUT2D eigenvalue weighted by molar-refractivity contribution is 7.89. The number of thiazole rings is 1. The first kappa shape index (κ1) is 18.4. The standard InChI is InChI=1S/C10H13N5O4S2.ClH/c1-2-19-9(16)7-3-8(15-14-7)21(17,18)12-4-6-5-20-10(11)13-6;/h3,5,12H,2,4H2,1H3,(H2,11,13)(H,14,15);1H. The zero-order valence-corrected chi connectivity index (χ0v) is 13.8. The molecular formula is C10H14ClN5O4S2. The van der Waals surface area contributed by atoms with Crippen molar-refractivity contribution >= 4 is 44.9 Å². The van der Waals surface area contributed by atoms with Crippen molar-refractivity contribution in [3.8, 4) is 0 Å². The molecule has 9 nitrogen and oxygen atoms in total. The Morgan fingerprint density at radius 2 is 2.27 bits per heavy atom. The molecule has 0 aromatic carbocycles. The number of carbonyl (C=O) groups is 1. The number of sulfonamides is 1. The van der Waals surface area contributed by atoms with Crippen LogP contribution in [-0.2, 0) is 21.3 Å². The molecule has 4 N–H and O–H groups in total. The Kier molecular flexibility index (Phi) is 6.29. The Labute approximate surface area is 136 Å². The number of nitrogen functional groups attached to an aromatic ring is 1. The van der Waals surface area contributed by atoms with Gasteiger partial charge in [0.2, 0.25) is 0 Å². The predicted octanol–water partition coefficient (Wildman–Crippen LogP) is 0.525. The van der Waals surface area contributed by atoms with Crippen LogP contribution >= 0.6 is 23.7 Å². The Bertz CT molecular complexity index is 742. The highest BCUT2D eigenvalue weighted by Gasteiger charge is 2.20. The summed E-state index contributed by atoms with van der Waals surface area (Å²) in [4.78, 5) is 15.4. The molecular weight excluding hydrogens is 354 g/mol. The molecule has 2 aromatic heterocycles. The number of hydrogen-bond donors (Lipinski definition) is 3. The van der Waals surface area contributed by atoms with Gasteiger partial charge in [0, 0.05) is 11.4 Å². The number of halogens is 1. The summed E-state index contributed by atoms with van der Waals surface area (Å²) in [6.45, 7) is 1.81. The molecule has 22 heavy (non-hydrogen) atoms. The fourth-order valence-corrected chi connectivity index (χ4v) is 2.89. The Morgan fingerprint density at radius 1 is 1.55 bits per heavy atom. The van der Waals surface area contributed by atoms with E-state index >= 15 is 0 Å². The van der Waals surface area contributed by atoms with Gasteiger partial charge in [-0.3, -0.25) is 5.10 Å². The monoisotopic (exact) mass is 367 g/mol. The van der Waals surface area contributed by atoms with Gasteiger partial charge in [-0.05, 0) is 6.92 Å². The summed E-state index contributed by atoms with van der Waals surface area (Å²) in [5, 5.41) is 7.67. The van der Waals surface area contributed by atoms with Crippen molar-refractivity contribution in [1.29, 1.82) is 0 Å². The first-order valence-corrected chi connectivity index (χ1v) is 8.20. The number of aromatic amines is 1. The van der Waals surface area contributed by atoms with E-state index in [9.17, 15) is 13.2 Å². The SMILES string of the molecule is CCOC(=O)c1cc(S(=O)(=O)NCc2csc(N)n2)[nH]n1.Cl. The lowest BCUT2D eigenvalue weighted by atomic mass is 10.4. The van der Waals surface area contributed by atoms with E-state index in [0.29, 0.717) is 10.8 Å². The molecule has 0 unspecified atom stereocenters. The van der Waals surface area contributed by atoms with E-state index in [1.54, 1.807) is 12.3 Å². The lowest BCUT2D eigenvalue weighted by Gasteiger charge is -2.01. The third-order valence-electron chi connectivity index (χ3n) is 2.34. The topological polar surface area (TPSA) is 140 Å². The van der Waals surface area contributed by atoms with Gasteiger partial charge in [0.1, 0.15) is 0 Å². The van der Waals surface area contributed by atoms with Crippen LogP contribution in [0.2, 0.25) is 0 Å². The van der Waals surface area contributed by atoms with Crippen molar-refractivity contribution in [2.75, 3.05) is 12.3 Å². The molecule has 0 spiro atoms. The number of nitrogens with zero attached hydrogens (tertiary/aromatic N) is 2. The predicted molar refractivity (Wildman–Crippen MR) is 82.3 cm³/mol. The molecule has 2 rings (SSSR count). The van der Waals surface area contributed by atoms with E-state index in [4.69, 9.17) is 10.5 Å². The molecule has 0 bridgehead atoms. The first-order valence-electron chi connectivity index (χ1n) is 5.84. The van der Waals surface area contributed by atoms with Crippen molar-refractivity contribution in [3.63, 3.8) is 0 Å². The third kappa shape index (κ3) is 4.40. The number of esters is 1. The van der Waals surface area contributed by atoms with Gasteiger partial charge in [-0.15, -0.1) is 23.7 Å². The number of rotatable bonds is 6. The number of anilines is 1. The molecule has 12 heteroatoms. The lowest BCUT2D eigenvalue weighted by molar-refractivity contribution is 0.0519. The smallest absolute Gasteiger partial charge is 0.358 e. The third-order valence-corrected chi connectivity index (χ3v) is 4.38. The highest BCUT2D eigenvalue weighted by atomic mass is 35.5. The number of ether oxygens (including phenoxy) is 1. The maximum absolute atomic E-state index is 12.0. The molecule has 2 aromatic rings. The second-order valence-corrected chi connectivity index (χ2v) is 6.46. The summed E-state index contributed by atoms with van der Waals surface area (Å²) in [5.74, 6) is -0.692. The maximum atomic E-state index is 12.0. The zero-order chi connectivity index (χ0) is 15.5. The van der Waals surface area contributed by atoms with Crippen LogP contribution in [0, 0.1) is 0 Å². The van der Waals surface area contributed by atoms with Crippen LogP contribution in [0.25, 0.3) is 0 Å². The highest BCUT2D eigenvalue weighted by Crippen LogP contribution is 2.12. The van der Waals surface area contributed by atoms with Gasteiger partial charge in [-0.25, -0.2) is 22.9 Å². The van der Waals surface area contributed by atoms with Gasteiger partial charge in [-0.2, -0.15) is 5.10 Å². The van der Waals surface area contributed by atoms with Crippen molar-refractivity contribution in [1.82, 2.24) is 19.9 Å². The Hall–Kier alpha value is -1.69. The maximum Gasteiger partial charge on any atom is 0.358 e. The van der Waals surface area contributed by atoms with Gasteiger partial charge in [-0.1, -0.05) is 0 Å². The molecule has 0 aliphatic rings. The van der Waals surface area contributed by atoms with Crippen LogP contribution in [-0.4, -0.2) is 36.2 Å². The van der Waals surface area contributed by atoms with Gasteiger partial charge in [0.05, 0.1) is 18.8 Å². The summed E-state index contributed by atoms with van der Waals surface area (Å²) in [6, 6.07) is 1.11. The van der Waals surface area contributed by atoms with Crippen LogP contribution < -0.4 is 10.5 Å². The van der Waals surface area contributed by atoms with Gasteiger partial charge >= 0.3 is 5.97 Å². The first-order chi connectivity index (χ1) is 9.92. The van der Waals surface area contributed by atoms with Gasteiger partial charge in [0.15, 0.2) is 15.9 Å². The average Bonchev–Trinajstić information content (AvgIpc) is 3.06. The number of nitrogens with one attached hydrogen (secondary N) is 2. The zero-order valence-electron chi connectivity index (χ0n) is 11.4. The fraction of sp³-hybridized carbons (Fsp3) is 0.300. The fourth-order valence-electron chi connectivity index (χ4n) is 1.40. The Morgan fingerprint density at radius 3 is 2.86 bits per heavy atom. The van der Waals surface area contributed by atoms with E-state index < -0.39 is 16.0 Å². The van der Waals surface area contributed by atoms with Gasteiger partial charge < -0.3 is 10.5 Å². The second kappa shape index (κ2) is 7.54. The Balaban J connectivity index is 0.00000242. The summed E-state index contributed by atoms with van der Waals surface area (Å²) in [7, 11) is -3.83. The average molecular weight is 368 g/mol. The normalized spacial score (nSPS) is 11.0. The number of hydrogen-bond acceptors (Lipinski definition) is 8. The van der Waals surface area contributed by atoms with E-state index in [0.717, 1.165) is 6.07 Å². The molecule has 0 amide bonds. The van der Waals surface area contributed by atoms with Crippen molar-refractivity contribution in [2.45, 2.75) is 18.5 Å². The van der Waals surface area contributed by atoms with E-state index in [-0.39, 0.29) is 36.3 Å². The van der Waals surface area contributed by atoms with E-state index in [1.807, 2.05) is 0 Å². The van der Waals surface area contributed by atoms with Crippen LogP contribution in [0.15, 0.2) is 16.5 Å². The molecule has 0 atom stereocenters. The molecule has 0 aliphatic carbocycles. The minimum atomic E-state index is -3.83. The molecule has 0 fully saturated rings. The largest absolute Gasteiger partial charge is 0.461 e. The van der Waals surface area contributed by atoms with E-state index in [2.05, 4.69) is 19.9 Å². The quantitative estimate of drug-likeness (QED) is 0.632. The number of nitrogens with two attached hydrogens (primary N) is 1. The minimum Gasteiger partial charge on any atom is -0.461 e. The van der Waals surface area contributed by atoms with Crippen LogP contribution in [0.3, 0.4) is 0 Å². The number of H-pyrrole nitrogens is 1. The summed E-state index contributed by atoms with van der Waals surface area (Å²) >= 11 is 1.21. The summed E-state index contributed by atoms with van der Waals surface area (Å²) in [5.41, 5.74) is 5.86. The molecule has 0 radical (unpaired) electrons. The van der Waals surface area contributed by atoms with Crippen LogP contribution in [0.5, 0.6) is 0 Å². The van der Waals surface area contributed by atoms with Gasteiger partial charge in [0.25, 0.3) is 10.0 Å². The minimum absolute atomic E-state index is 0. The molecule has 0 aliphatic heterocycles. The summed E-state index contributed by atoms with van der Waals surface area (Å²) < 4.78 is 31.1. The molecule has 2 heterocycles. The van der Waals surface area contributed by atoms with Crippen LogP contribution in [0.1, 0.15) is 23.1 Å². The number of aromatic nitrogens is 3. The van der Waals surface area contributed by atoms with Crippen molar-refractivity contribution < 1.29 is 17.9 Å². The number of carbonyl (C=O) groups excluding carboxylic acids is 1. The van der Waals surface area contributed by atoms with Crippen molar-refractivity contribution in [3.05, 3.63) is 22.8 Å². The molecule has 0 saturated carbocycles. The molecule has 0 saturated heterocycles.